The summed E-state index contributed by atoms with van der Waals surface area (Å²) < 4.78 is 15.5. The average molecular weight is 678 g/mol. The molecule has 0 aliphatic rings. The van der Waals surface area contributed by atoms with Crippen molar-refractivity contribution in [3.63, 3.8) is 0 Å². The van der Waals surface area contributed by atoms with Crippen molar-refractivity contribution < 1.29 is 38.8 Å². The van der Waals surface area contributed by atoms with Crippen LogP contribution in [0.25, 0.3) is 0 Å². The number of hydrogen-bond acceptors (Lipinski definition) is 9. The molecule has 0 aliphatic heterocycles. The topological polar surface area (TPSA) is 123 Å². The lowest BCUT2D eigenvalue weighted by Crippen LogP contribution is -2.19. The van der Waals surface area contributed by atoms with Gasteiger partial charge in [0.15, 0.2) is 17.1 Å². The third-order valence-electron chi connectivity index (χ3n) is 6.39. The minimum absolute atomic E-state index is 0.0647. The molecule has 10 heteroatoms. The van der Waals surface area contributed by atoms with Crippen molar-refractivity contribution in [1.29, 1.82) is 0 Å². The molecule has 4 rings (SSSR count). The van der Waals surface area contributed by atoms with Gasteiger partial charge in [0.1, 0.15) is 29.6 Å². The second-order valence-electron chi connectivity index (χ2n) is 10.8. The van der Waals surface area contributed by atoms with Gasteiger partial charge in [-0.15, -0.1) is 0 Å². The zero-order chi connectivity index (χ0) is 35.5. The monoisotopic (exact) mass is 677 g/mol. The second-order valence-corrected chi connectivity index (χ2v) is 11.4. The third kappa shape index (κ3) is 15.2. The van der Waals surface area contributed by atoms with E-state index in [-0.39, 0.29) is 29.0 Å². The summed E-state index contributed by atoms with van der Waals surface area (Å²) in [6.45, 7) is 7.17. The number of phenolic OH excluding ortho intramolecular Hbond substituents is 2. The highest BCUT2D eigenvalue weighted by Crippen LogP contribution is 2.19. The summed E-state index contributed by atoms with van der Waals surface area (Å²) in [6, 6.07) is 26.7. The number of rotatable bonds is 13. The van der Waals surface area contributed by atoms with Crippen LogP contribution in [0.4, 0.5) is 0 Å². The van der Waals surface area contributed by atoms with Crippen molar-refractivity contribution >= 4 is 29.1 Å². The van der Waals surface area contributed by atoms with E-state index < -0.39 is 5.56 Å². The van der Waals surface area contributed by atoms with E-state index in [0.29, 0.717) is 35.5 Å². The van der Waals surface area contributed by atoms with Crippen LogP contribution in [-0.4, -0.2) is 72.1 Å². The fraction of sp³-hybridized carbons (Fsp3) is 0.289. The van der Waals surface area contributed by atoms with E-state index in [9.17, 15) is 24.6 Å². The highest BCUT2D eigenvalue weighted by molar-refractivity contribution is 6.19. The number of halogens is 1. The normalized spacial score (nSPS) is 10.8. The number of hydrogen-bond donors (Lipinski definition) is 2. The molecule has 256 valence electrons. The van der Waals surface area contributed by atoms with Gasteiger partial charge in [0.05, 0.1) is 6.61 Å². The molecular weight excluding hydrogens is 634 g/mol. The molecule has 2 N–H and O–H groups in total. The number of carbonyl (C=O) groups excluding carboxylic acids is 3. The van der Waals surface area contributed by atoms with Gasteiger partial charge in [-0.05, 0) is 125 Å². The molecule has 0 spiro atoms. The van der Waals surface area contributed by atoms with Crippen LogP contribution in [0, 0.1) is 0 Å². The summed E-state index contributed by atoms with van der Waals surface area (Å²) in [7, 11) is 3.98. The molecule has 1 atom stereocenters. The van der Waals surface area contributed by atoms with Gasteiger partial charge in [-0.25, -0.2) is 0 Å². The van der Waals surface area contributed by atoms with Crippen molar-refractivity contribution in [2.24, 2.45) is 0 Å². The van der Waals surface area contributed by atoms with Gasteiger partial charge in [-0.3, -0.25) is 14.4 Å². The number of nitrogens with zero attached hydrogens (tertiary/aromatic N) is 1. The number of carbonyl (C=O) groups is 3. The van der Waals surface area contributed by atoms with Crippen molar-refractivity contribution in [3.05, 3.63) is 119 Å². The van der Waals surface area contributed by atoms with E-state index in [4.69, 9.17) is 21.1 Å². The SMILES string of the molecule is CC(=O)OC(C)Cl.CCCCOc1ccc(C(=O)c2ccc(O)cc2)cc1.CN(C)CCOc1ccc(C(=O)c2ccc(O)cc2)cc1. The van der Waals surface area contributed by atoms with E-state index in [1.54, 1.807) is 67.6 Å². The number of aromatic hydroxyl groups is 2. The van der Waals surface area contributed by atoms with Crippen LogP contribution in [0.15, 0.2) is 97.1 Å². The van der Waals surface area contributed by atoms with Gasteiger partial charge in [0.2, 0.25) is 0 Å². The number of likely N-dealkylation sites (N-methyl/N-ethyl adjacent to an activating group) is 1. The predicted molar refractivity (Wildman–Crippen MR) is 187 cm³/mol. The molecular formula is C38H44ClNO8. The molecule has 0 heterocycles. The Labute approximate surface area is 287 Å². The Hall–Kier alpha value is -4.86. The number of alkyl halides is 1. The molecule has 9 nitrogen and oxygen atoms in total. The molecule has 0 saturated carbocycles. The zero-order valence-electron chi connectivity index (χ0n) is 28.0. The number of benzene rings is 4. The Morgan fingerprint density at radius 3 is 1.31 bits per heavy atom. The number of ketones is 2. The lowest BCUT2D eigenvalue weighted by Gasteiger charge is -2.11. The van der Waals surface area contributed by atoms with Crippen LogP contribution in [-0.2, 0) is 9.53 Å². The summed E-state index contributed by atoms with van der Waals surface area (Å²) in [4.78, 5) is 36.4. The van der Waals surface area contributed by atoms with Gasteiger partial charge in [0, 0.05) is 35.7 Å². The quantitative estimate of drug-likeness (QED) is 0.0641. The van der Waals surface area contributed by atoms with Crippen LogP contribution in [0.5, 0.6) is 23.0 Å². The smallest absolute Gasteiger partial charge is 0.304 e. The highest BCUT2D eigenvalue weighted by Gasteiger charge is 2.10. The van der Waals surface area contributed by atoms with Gasteiger partial charge in [-0.2, -0.15) is 0 Å². The maximum absolute atomic E-state index is 12.2. The lowest BCUT2D eigenvalue weighted by atomic mass is 10.0. The molecule has 0 saturated heterocycles. The largest absolute Gasteiger partial charge is 0.508 e. The summed E-state index contributed by atoms with van der Waals surface area (Å²) >= 11 is 5.23. The molecule has 0 bridgehead atoms. The minimum Gasteiger partial charge on any atom is -0.508 e. The van der Waals surface area contributed by atoms with Crippen LogP contribution in [0.2, 0.25) is 0 Å². The molecule has 4 aromatic carbocycles. The first-order valence-electron chi connectivity index (χ1n) is 15.5. The summed E-state index contributed by atoms with van der Waals surface area (Å²) in [5.41, 5.74) is 1.81. The van der Waals surface area contributed by atoms with E-state index in [0.717, 1.165) is 30.9 Å². The third-order valence-corrected chi connectivity index (χ3v) is 6.48. The van der Waals surface area contributed by atoms with Crippen LogP contribution in [0.3, 0.4) is 0 Å². The first kappa shape index (κ1) is 39.3. The number of unbranched alkanes of at least 4 members (excludes halogenated alkanes) is 1. The van der Waals surface area contributed by atoms with Gasteiger partial charge >= 0.3 is 5.97 Å². The molecule has 0 amide bonds. The van der Waals surface area contributed by atoms with Crippen molar-refractivity contribution in [1.82, 2.24) is 4.90 Å². The molecule has 4 aromatic rings. The standard InChI is InChI=1S/C17H19NO3.C17H18O3.C4H7ClO2/c1-18(2)11-12-21-16-9-5-14(6-10-16)17(20)13-3-7-15(19)8-4-13;1-2-3-12-20-16-10-6-14(7-11-16)17(19)13-4-8-15(18)9-5-13;1-3(5)7-4(2)6/h3-10,19H,11-12H2,1-2H3;4-11,18H,2-3,12H2,1H3;3H,1-2H3. The summed E-state index contributed by atoms with van der Waals surface area (Å²) in [5.74, 6) is 1.35. The molecule has 1 unspecified atom stereocenters. The number of phenols is 2. The molecule has 0 aromatic heterocycles. The zero-order valence-corrected chi connectivity index (χ0v) is 28.8. The first-order chi connectivity index (χ1) is 22.9. The van der Waals surface area contributed by atoms with Crippen LogP contribution in [0.1, 0.15) is 65.5 Å². The lowest BCUT2D eigenvalue weighted by molar-refractivity contribution is -0.142. The first-order valence-corrected chi connectivity index (χ1v) is 15.9. The number of esters is 1. The number of ether oxygens (including phenoxy) is 3. The second kappa shape index (κ2) is 21.1. The predicted octanol–water partition coefficient (Wildman–Crippen LogP) is 7.50. The van der Waals surface area contributed by atoms with Crippen molar-refractivity contribution in [3.8, 4) is 23.0 Å². The Morgan fingerprint density at radius 2 is 1.02 bits per heavy atom. The maximum atomic E-state index is 12.2. The maximum Gasteiger partial charge on any atom is 0.304 e. The van der Waals surface area contributed by atoms with Gasteiger partial charge < -0.3 is 29.3 Å². The van der Waals surface area contributed by atoms with Crippen LogP contribution >= 0.6 is 11.6 Å². The van der Waals surface area contributed by atoms with Crippen molar-refractivity contribution in [2.75, 3.05) is 33.9 Å². The fourth-order valence-corrected chi connectivity index (χ4v) is 4.00. The average Bonchev–Trinajstić information content (AvgIpc) is 3.05. The molecule has 0 fully saturated rings. The van der Waals surface area contributed by atoms with Gasteiger partial charge in [0.25, 0.3) is 0 Å². The Morgan fingerprint density at radius 1 is 0.667 bits per heavy atom. The minimum atomic E-state index is -0.502. The summed E-state index contributed by atoms with van der Waals surface area (Å²) in [5, 5.41) is 18.5. The molecule has 0 aliphatic carbocycles. The van der Waals surface area contributed by atoms with E-state index in [1.165, 1.54) is 31.2 Å². The Balaban J connectivity index is 0.000000279. The van der Waals surface area contributed by atoms with Crippen LogP contribution < -0.4 is 9.47 Å². The molecule has 48 heavy (non-hydrogen) atoms. The Bertz CT molecular complexity index is 1540. The van der Waals surface area contributed by atoms with E-state index in [1.807, 2.05) is 31.1 Å². The molecule has 0 radical (unpaired) electrons. The van der Waals surface area contributed by atoms with Crippen molar-refractivity contribution in [2.45, 2.75) is 39.2 Å². The van der Waals surface area contributed by atoms with Gasteiger partial charge in [-0.1, -0.05) is 24.9 Å². The summed E-state index contributed by atoms with van der Waals surface area (Å²) in [6.07, 6.45) is 2.12. The highest BCUT2D eigenvalue weighted by atomic mass is 35.5. The fourth-order valence-electron chi connectivity index (χ4n) is 3.87. The van der Waals surface area contributed by atoms with E-state index >= 15 is 0 Å². The van der Waals surface area contributed by atoms with E-state index in [2.05, 4.69) is 11.7 Å². The Kier molecular flexibility index (Phi) is 17.3.